The molecule has 0 aliphatic carbocycles. The summed E-state index contributed by atoms with van der Waals surface area (Å²) in [5.74, 6) is 0.940. The van der Waals surface area contributed by atoms with E-state index in [2.05, 4.69) is 35.7 Å². The minimum absolute atomic E-state index is 0.168. The Kier molecular flexibility index (Phi) is 7.39. The molecule has 1 aromatic carbocycles. The molecule has 3 rings (SSSR count). The zero-order valence-corrected chi connectivity index (χ0v) is 17.4. The van der Waals surface area contributed by atoms with Gasteiger partial charge in [-0.25, -0.2) is 4.79 Å². The Morgan fingerprint density at radius 2 is 2.14 bits per heavy atom. The van der Waals surface area contributed by atoms with E-state index in [0.717, 1.165) is 24.8 Å². The van der Waals surface area contributed by atoms with Crippen LogP contribution in [0, 0.1) is 5.92 Å². The fourth-order valence-corrected chi connectivity index (χ4v) is 4.42. The largest absolute Gasteiger partial charge is 0.508 e. The number of likely N-dealkylation sites (tertiary alicyclic amines) is 1. The van der Waals surface area contributed by atoms with Crippen LogP contribution in [0.25, 0.3) is 6.08 Å². The van der Waals surface area contributed by atoms with Crippen LogP contribution in [0.4, 0.5) is 4.79 Å². The van der Waals surface area contributed by atoms with Crippen molar-refractivity contribution in [3.63, 3.8) is 0 Å². The van der Waals surface area contributed by atoms with E-state index in [1.807, 2.05) is 37.1 Å². The van der Waals surface area contributed by atoms with Crippen molar-refractivity contribution in [3.05, 3.63) is 59.8 Å². The number of rotatable bonds is 5. The van der Waals surface area contributed by atoms with Gasteiger partial charge < -0.3 is 20.1 Å². The third-order valence-corrected chi connectivity index (χ3v) is 5.76. The van der Waals surface area contributed by atoms with Crippen molar-refractivity contribution in [1.29, 1.82) is 0 Å². The number of piperidine rings is 1. The van der Waals surface area contributed by atoms with E-state index in [1.54, 1.807) is 6.07 Å². The maximum absolute atomic E-state index is 12.1. The van der Waals surface area contributed by atoms with Crippen molar-refractivity contribution >= 4 is 12.2 Å². The summed E-state index contributed by atoms with van der Waals surface area (Å²) in [6.45, 7) is 5.66. The third-order valence-electron chi connectivity index (χ3n) is 5.76. The second kappa shape index (κ2) is 10.2. The Bertz CT molecular complexity index is 776. The molecule has 2 unspecified atom stereocenters. The van der Waals surface area contributed by atoms with Gasteiger partial charge in [0.25, 0.3) is 0 Å². The van der Waals surface area contributed by atoms with Crippen LogP contribution in [0.3, 0.4) is 0 Å². The minimum Gasteiger partial charge on any atom is -0.508 e. The fraction of sp³-hybridized carbons (Fsp3) is 0.458. The molecule has 2 heterocycles. The number of nitrogens with one attached hydrogen (secondary N) is 1. The molecule has 1 amide bonds. The molecule has 2 atom stereocenters. The summed E-state index contributed by atoms with van der Waals surface area (Å²) in [7, 11) is 0. The molecule has 0 aromatic heterocycles. The highest BCUT2D eigenvalue weighted by molar-refractivity contribution is 5.67. The summed E-state index contributed by atoms with van der Waals surface area (Å²) in [5.41, 5.74) is 2.28. The number of carbonyl (C=O) groups is 1. The van der Waals surface area contributed by atoms with E-state index in [0.29, 0.717) is 25.6 Å². The minimum atomic E-state index is -0.211. The van der Waals surface area contributed by atoms with Gasteiger partial charge in [0.2, 0.25) is 0 Å². The predicted octanol–water partition coefficient (Wildman–Crippen LogP) is 4.81. The first-order chi connectivity index (χ1) is 14.1. The highest BCUT2D eigenvalue weighted by Crippen LogP contribution is 2.39. The molecule has 0 spiro atoms. The van der Waals surface area contributed by atoms with Crippen molar-refractivity contribution < 1.29 is 14.6 Å². The van der Waals surface area contributed by atoms with Crippen LogP contribution in [0.2, 0.25) is 0 Å². The van der Waals surface area contributed by atoms with Gasteiger partial charge in [-0.15, -0.1) is 0 Å². The average molecular weight is 397 g/mol. The van der Waals surface area contributed by atoms with Crippen molar-refractivity contribution in [1.82, 2.24) is 10.2 Å². The van der Waals surface area contributed by atoms with Crippen LogP contribution in [0.5, 0.6) is 5.75 Å². The summed E-state index contributed by atoms with van der Waals surface area (Å²) in [4.78, 5) is 13.9. The van der Waals surface area contributed by atoms with E-state index in [1.165, 1.54) is 5.56 Å². The van der Waals surface area contributed by atoms with Gasteiger partial charge in [-0.1, -0.05) is 36.4 Å². The SMILES string of the molecule is C/C=C/c1cc(O)ccc1C(C1CCN(C(=O)OCC)CC1)C1C=CCC=CN1. The second-order valence-corrected chi connectivity index (χ2v) is 7.62. The van der Waals surface area contributed by atoms with Crippen molar-refractivity contribution in [2.45, 2.75) is 45.1 Å². The van der Waals surface area contributed by atoms with E-state index < -0.39 is 0 Å². The maximum Gasteiger partial charge on any atom is 0.409 e. The van der Waals surface area contributed by atoms with Gasteiger partial charge in [-0.05, 0) is 68.5 Å². The molecule has 1 fully saturated rings. The number of ether oxygens (including phenoxy) is 1. The lowest BCUT2D eigenvalue weighted by Crippen LogP contribution is -2.43. The van der Waals surface area contributed by atoms with Crippen LogP contribution in [-0.2, 0) is 4.74 Å². The van der Waals surface area contributed by atoms with Crippen LogP contribution in [0.15, 0.2) is 48.7 Å². The van der Waals surface area contributed by atoms with Gasteiger partial charge in [0.05, 0.1) is 12.6 Å². The van der Waals surface area contributed by atoms with Crippen molar-refractivity contribution in [2.24, 2.45) is 5.92 Å². The van der Waals surface area contributed by atoms with Gasteiger partial charge >= 0.3 is 6.09 Å². The van der Waals surface area contributed by atoms with Crippen molar-refractivity contribution in [3.8, 4) is 5.75 Å². The highest BCUT2D eigenvalue weighted by Gasteiger charge is 2.34. The van der Waals surface area contributed by atoms with Gasteiger partial charge in [-0.3, -0.25) is 0 Å². The predicted molar refractivity (Wildman–Crippen MR) is 117 cm³/mol. The normalized spacial score (nSPS) is 21.0. The number of nitrogens with zero attached hydrogens (tertiary/aromatic N) is 1. The van der Waals surface area contributed by atoms with Crippen molar-refractivity contribution in [2.75, 3.05) is 19.7 Å². The first-order valence-electron chi connectivity index (χ1n) is 10.6. The molecule has 2 aliphatic rings. The lowest BCUT2D eigenvalue weighted by molar-refractivity contribution is 0.0877. The molecule has 5 heteroatoms. The highest BCUT2D eigenvalue weighted by atomic mass is 16.6. The molecule has 0 saturated carbocycles. The molecular formula is C24H32N2O3. The van der Waals surface area contributed by atoms with Gasteiger partial charge in [-0.2, -0.15) is 0 Å². The number of aromatic hydroxyl groups is 1. The van der Waals surface area contributed by atoms with Gasteiger partial charge in [0.1, 0.15) is 5.75 Å². The smallest absolute Gasteiger partial charge is 0.409 e. The topological polar surface area (TPSA) is 61.8 Å². The molecule has 0 radical (unpaired) electrons. The van der Waals surface area contributed by atoms with E-state index >= 15 is 0 Å². The molecule has 29 heavy (non-hydrogen) atoms. The lowest BCUT2D eigenvalue weighted by Gasteiger charge is -2.39. The van der Waals surface area contributed by atoms with E-state index in [4.69, 9.17) is 4.74 Å². The first kappa shape index (κ1) is 21.0. The Morgan fingerprint density at radius 1 is 1.34 bits per heavy atom. The average Bonchev–Trinajstić information content (AvgIpc) is 3.00. The third kappa shape index (κ3) is 5.22. The molecule has 1 aromatic rings. The molecule has 2 N–H and O–H groups in total. The summed E-state index contributed by atoms with van der Waals surface area (Å²) in [6.07, 6.45) is 15.3. The number of phenols is 1. The quantitative estimate of drug-likeness (QED) is 0.701. The zero-order chi connectivity index (χ0) is 20.6. The van der Waals surface area contributed by atoms with Crippen LogP contribution < -0.4 is 5.32 Å². The number of amides is 1. The van der Waals surface area contributed by atoms with E-state index in [9.17, 15) is 9.90 Å². The molecular weight excluding hydrogens is 364 g/mol. The molecule has 0 bridgehead atoms. The standard InChI is InChI=1S/C24H32N2O3/c1-3-8-19-17-20(27)10-11-21(19)23(22-9-6-5-7-14-25-22)18-12-15-26(16-13-18)24(28)29-4-2/h3,6-11,14,17-18,22-23,25,27H,4-5,12-13,15-16H2,1-2H3/b8-3+. The number of allylic oxidation sites excluding steroid dienone is 3. The Labute approximate surface area is 173 Å². The molecule has 5 nitrogen and oxygen atoms in total. The maximum atomic E-state index is 12.1. The number of carbonyl (C=O) groups excluding carboxylic acids is 1. The first-order valence-corrected chi connectivity index (χ1v) is 10.6. The summed E-state index contributed by atoms with van der Waals surface area (Å²) < 4.78 is 5.18. The fourth-order valence-electron chi connectivity index (χ4n) is 4.42. The number of hydrogen-bond donors (Lipinski definition) is 2. The zero-order valence-electron chi connectivity index (χ0n) is 17.4. The van der Waals surface area contributed by atoms with Gasteiger partial charge in [0, 0.05) is 19.0 Å². The lowest BCUT2D eigenvalue weighted by atomic mass is 9.74. The molecule has 1 saturated heterocycles. The molecule has 156 valence electrons. The summed E-state index contributed by atoms with van der Waals surface area (Å²) >= 11 is 0. The van der Waals surface area contributed by atoms with Crippen LogP contribution in [0.1, 0.15) is 50.2 Å². The monoisotopic (exact) mass is 396 g/mol. The number of phenolic OH excluding ortho intramolecular Hbond substituents is 1. The summed E-state index contributed by atoms with van der Waals surface area (Å²) in [5, 5.41) is 13.6. The van der Waals surface area contributed by atoms with E-state index in [-0.39, 0.29) is 23.8 Å². The number of hydrogen-bond acceptors (Lipinski definition) is 4. The second-order valence-electron chi connectivity index (χ2n) is 7.62. The Morgan fingerprint density at radius 3 is 2.86 bits per heavy atom. The van der Waals surface area contributed by atoms with Gasteiger partial charge in [0.15, 0.2) is 0 Å². The summed E-state index contributed by atoms with van der Waals surface area (Å²) in [6, 6.07) is 5.84. The van der Waals surface area contributed by atoms with Crippen LogP contribution in [-0.4, -0.2) is 41.8 Å². The number of benzene rings is 1. The molecule has 2 aliphatic heterocycles. The van der Waals surface area contributed by atoms with Crippen LogP contribution >= 0.6 is 0 Å². The Hall–Kier alpha value is -2.69. The Balaban J connectivity index is 1.89.